The zero-order chi connectivity index (χ0) is 19.3. The Hall–Kier alpha value is -2.25. The van der Waals surface area contributed by atoms with Gasteiger partial charge in [-0.1, -0.05) is 20.8 Å². The van der Waals surface area contributed by atoms with Gasteiger partial charge in [0.1, 0.15) is 5.78 Å². The molecule has 0 aromatic carbocycles. The fraction of sp³-hybridized carbons (Fsp3) is 0.706. The zero-order valence-corrected chi connectivity index (χ0v) is 16.1. The highest BCUT2D eigenvalue weighted by Gasteiger charge is 2.20. The van der Waals surface area contributed by atoms with Crippen LogP contribution in [0.2, 0.25) is 0 Å². The summed E-state index contributed by atoms with van der Waals surface area (Å²) in [5.74, 6) is 0.459. The third-order valence-corrected chi connectivity index (χ3v) is 3.28. The molecule has 0 aliphatic carbocycles. The number of carbonyl (C=O) groups is 2. The number of amides is 1. The summed E-state index contributed by atoms with van der Waals surface area (Å²) in [6.45, 7) is 11.6. The SMILES string of the molecule is CC(C)(C)Nc1nc(N)nc(NC(=O)CCCCC(=O)C(C)(C)C)n1. The van der Waals surface area contributed by atoms with Crippen LogP contribution < -0.4 is 16.4 Å². The molecule has 140 valence electrons. The number of hydrogen-bond acceptors (Lipinski definition) is 7. The molecule has 8 nitrogen and oxygen atoms in total. The second-order valence-electron chi connectivity index (χ2n) is 8.14. The summed E-state index contributed by atoms with van der Waals surface area (Å²) in [4.78, 5) is 35.9. The summed E-state index contributed by atoms with van der Waals surface area (Å²) in [6.07, 6.45) is 2.08. The van der Waals surface area contributed by atoms with Crippen LogP contribution in [0.1, 0.15) is 67.2 Å². The number of nitrogens with two attached hydrogens (primary N) is 1. The average Bonchev–Trinajstić information content (AvgIpc) is 2.39. The second-order valence-corrected chi connectivity index (χ2v) is 8.14. The van der Waals surface area contributed by atoms with E-state index < -0.39 is 0 Å². The number of nitrogens with one attached hydrogen (secondary N) is 2. The molecule has 0 aliphatic heterocycles. The Bertz CT molecular complexity index is 617. The van der Waals surface area contributed by atoms with E-state index in [0.717, 1.165) is 0 Å². The number of carbonyl (C=O) groups excluding carboxylic acids is 2. The van der Waals surface area contributed by atoms with Crippen molar-refractivity contribution in [3.63, 3.8) is 0 Å². The topological polar surface area (TPSA) is 123 Å². The van der Waals surface area contributed by atoms with Crippen LogP contribution in [0.3, 0.4) is 0 Å². The largest absolute Gasteiger partial charge is 0.368 e. The maximum Gasteiger partial charge on any atom is 0.236 e. The lowest BCUT2D eigenvalue weighted by atomic mass is 9.88. The minimum atomic E-state index is -0.332. The van der Waals surface area contributed by atoms with Crippen molar-refractivity contribution in [1.82, 2.24) is 15.0 Å². The molecule has 0 spiro atoms. The summed E-state index contributed by atoms with van der Waals surface area (Å²) < 4.78 is 0. The molecule has 8 heteroatoms. The third-order valence-electron chi connectivity index (χ3n) is 3.28. The molecule has 0 aliphatic rings. The Balaban J connectivity index is 2.50. The molecular weight excluding hydrogens is 320 g/mol. The standard InChI is InChI=1S/C17H30N6O2/c1-16(2,3)11(24)9-7-8-10-12(25)19-14-20-13(18)21-15(22-14)23-17(4,5)6/h7-10H2,1-6H3,(H4,18,19,20,21,22,23,25). The van der Waals surface area contributed by atoms with Crippen LogP contribution in [0.4, 0.5) is 17.8 Å². The molecule has 1 aromatic rings. The minimum absolute atomic E-state index is 0.0350. The summed E-state index contributed by atoms with van der Waals surface area (Å²) in [5.41, 5.74) is 5.09. The van der Waals surface area contributed by atoms with Gasteiger partial charge in [0.2, 0.25) is 23.8 Å². The molecule has 0 saturated carbocycles. The van der Waals surface area contributed by atoms with Crippen LogP contribution in [0.5, 0.6) is 0 Å². The first-order valence-corrected chi connectivity index (χ1v) is 8.50. The Labute approximate surface area is 149 Å². The minimum Gasteiger partial charge on any atom is -0.368 e. The molecular formula is C17H30N6O2. The average molecular weight is 350 g/mol. The van der Waals surface area contributed by atoms with E-state index in [-0.39, 0.29) is 34.5 Å². The third kappa shape index (κ3) is 8.42. The van der Waals surface area contributed by atoms with Gasteiger partial charge in [0, 0.05) is 23.8 Å². The number of unbranched alkanes of at least 4 members (excludes halogenated alkanes) is 1. The van der Waals surface area contributed by atoms with Gasteiger partial charge in [-0.15, -0.1) is 0 Å². The molecule has 0 saturated heterocycles. The first-order chi connectivity index (χ1) is 11.4. The van der Waals surface area contributed by atoms with E-state index in [9.17, 15) is 9.59 Å². The number of rotatable bonds is 7. The first kappa shape index (κ1) is 20.8. The normalized spacial score (nSPS) is 11.9. The second kappa shape index (κ2) is 8.22. The molecule has 1 rings (SSSR count). The Morgan fingerprint density at radius 2 is 1.48 bits per heavy atom. The number of anilines is 3. The van der Waals surface area contributed by atoms with E-state index in [4.69, 9.17) is 5.73 Å². The van der Waals surface area contributed by atoms with Crippen LogP contribution in [0.25, 0.3) is 0 Å². The maximum atomic E-state index is 12.0. The van der Waals surface area contributed by atoms with Crippen molar-refractivity contribution in [3.05, 3.63) is 0 Å². The summed E-state index contributed by atoms with van der Waals surface area (Å²) in [7, 11) is 0. The summed E-state index contributed by atoms with van der Waals surface area (Å²) in [5, 5.41) is 5.70. The van der Waals surface area contributed by atoms with E-state index in [1.54, 1.807) is 0 Å². The smallest absolute Gasteiger partial charge is 0.236 e. The van der Waals surface area contributed by atoms with Gasteiger partial charge in [-0.3, -0.25) is 14.9 Å². The molecule has 1 amide bonds. The fourth-order valence-corrected chi connectivity index (χ4v) is 1.97. The molecule has 0 atom stereocenters. The van der Waals surface area contributed by atoms with Gasteiger partial charge < -0.3 is 11.1 Å². The number of hydrogen-bond donors (Lipinski definition) is 3. The number of nitrogen functional groups attached to an aromatic ring is 1. The lowest BCUT2D eigenvalue weighted by Gasteiger charge is -2.20. The first-order valence-electron chi connectivity index (χ1n) is 8.50. The maximum absolute atomic E-state index is 12.0. The molecule has 1 heterocycles. The highest BCUT2D eigenvalue weighted by atomic mass is 16.1. The van der Waals surface area contributed by atoms with E-state index in [0.29, 0.717) is 31.6 Å². The van der Waals surface area contributed by atoms with Gasteiger partial charge >= 0.3 is 0 Å². The Morgan fingerprint density at radius 3 is 2.04 bits per heavy atom. The molecule has 0 radical (unpaired) electrons. The molecule has 4 N–H and O–H groups in total. The van der Waals surface area contributed by atoms with Gasteiger partial charge in [0.05, 0.1) is 0 Å². The van der Waals surface area contributed by atoms with Gasteiger partial charge in [0.25, 0.3) is 0 Å². The van der Waals surface area contributed by atoms with Crippen LogP contribution in [0, 0.1) is 5.41 Å². The predicted octanol–water partition coefficient (Wildman–Crippen LogP) is 2.78. The van der Waals surface area contributed by atoms with E-state index in [1.165, 1.54) is 0 Å². The predicted molar refractivity (Wildman–Crippen MR) is 99.2 cm³/mol. The van der Waals surface area contributed by atoms with Crippen LogP contribution in [0.15, 0.2) is 0 Å². The summed E-state index contributed by atoms with van der Waals surface area (Å²) in [6, 6.07) is 0. The quantitative estimate of drug-likeness (QED) is 0.646. The van der Waals surface area contributed by atoms with Gasteiger partial charge in [-0.2, -0.15) is 15.0 Å². The van der Waals surface area contributed by atoms with Gasteiger partial charge in [0.15, 0.2) is 0 Å². The lowest BCUT2D eigenvalue weighted by molar-refractivity contribution is -0.126. The van der Waals surface area contributed by atoms with Crippen LogP contribution >= 0.6 is 0 Å². The van der Waals surface area contributed by atoms with Gasteiger partial charge in [-0.25, -0.2) is 0 Å². The van der Waals surface area contributed by atoms with Crippen LogP contribution in [-0.2, 0) is 9.59 Å². The summed E-state index contributed by atoms with van der Waals surface area (Å²) >= 11 is 0. The number of nitrogens with zero attached hydrogens (tertiary/aromatic N) is 3. The van der Waals surface area contributed by atoms with Crippen molar-refractivity contribution in [2.24, 2.45) is 5.41 Å². The van der Waals surface area contributed by atoms with E-state index in [2.05, 4.69) is 25.6 Å². The van der Waals surface area contributed by atoms with Crippen molar-refractivity contribution in [1.29, 1.82) is 0 Å². The Morgan fingerprint density at radius 1 is 0.920 bits per heavy atom. The number of aromatic nitrogens is 3. The number of ketones is 1. The molecule has 0 fully saturated rings. The van der Waals surface area contributed by atoms with Crippen LogP contribution in [-0.4, -0.2) is 32.2 Å². The fourth-order valence-electron chi connectivity index (χ4n) is 1.97. The van der Waals surface area contributed by atoms with Gasteiger partial charge in [-0.05, 0) is 33.6 Å². The zero-order valence-electron chi connectivity index (χ0n) is 16.1. The Kier molecular flexibility index (Phi) is 6.84. The molecule has 0 bridgehead atoms. The monoisotopic (exact) mass is 350 g/mol. The van der Waals surface area contributed by atoms with Crippen molar-refractivity contribution in [2.45, 2.75) is 72.8 Å². The molecule has 1 aromatic heterocycles. The van der Waals surface area contributed by atoms with Crippen molar-refractivity contribution < 1.29 is 9.59 Å². The highest BCUT2D eigenvalue weighted by molar-refractivity contribution is 5.89. The molecule has 0 unspecified atom stereocenters. The van der Waals surface area contributed by atoms with E-state index in [1.807, 2.05) is 41.5 Å². The molecule has 25 heavy (non-hydrogen) atoms. The lowest BCUT2D eigenvalue weighted by Crippen LogP contribution is -2.28. The van der Waals surface area contributed by atoms with Crippen molar-refractivity contribution in [2.75, 3.05) is 16.4 Å². The highest BCUT2D eigenvalue weighted by Crippen LogP contribution is 2.19. The van der Waals surface area contributed by atoms with E-state index >= 15 is 0 Å². The van der Waals surface area contributed by atoms with Crippen molar-refractivity contribution in [3.8, 4) is 0 Å². The van der Waals surface area contributed by atoms with Crippen molar-refractivity contribution >= 4 is 29.5 Å². The number of Topliss-reactive ketones (excluding diaryl/α,β-unsaturated/α-hetero) is 1.